The Morgan fingerprint density at radius 2 is 2.29 bits per heavy atom. The molecule has 2 fully saturated rings. The monoisotopic (exact) mass is 351 g/mol. The molecule has 134 valence electrons. The van der Waals surface area contributed by atoms with Crippen LogP contribution in [0.4, 0.5) is 0 Å². The highest BCUT2D eigenvalue weighted by atomic mass is 32.2. The Hall–Kier alpha value is -1.14. The average molecular weight is 352 g/mol. The topological polar surface area (TPSA) is 58.8 Å². The van der Waals surface area contributed by atoms with Crippen LogP contribution in [0, 0.1) is 0 Å². The SMILES string of the molecule is c1coc(CCNC(=NCC2CCCCO2)NC2CCCSC2)c1. The van der Waals surface area contributed by atoms with Crippen molar-refractivity contribution in [2.24, 2.45) is 4.99 Å². The summed E-state index contributed by atoms with van der Waals surface area (Å²) in [5.74, 6) is 4.37. The maximum Gasteiger partial charge on any atom is 0.191 e. The zero-order valence-electron chi connectivity index (χ0n) is 14.3. The standard InChI is InChI=1S/C18H29N3O2S/c1-2-10-23-17(6-1)13-20-18(21-15-5-4-12-24-14-15)19-9-8-16-7-3-11-22-16/h3,7,11,15,17H,1-2,4-6,8-10,12-14H2,(H2,19,20,21). The fourth-order valence-electron chi connectivity index (χ4n) is 3.10. The van der Waals surface area contributed by atoms with Gasteiger partial charge in [0.05, 0.1) is 18.9 Å². The van der Waals surface area contributed by atoms with E-state index in [1.54, 1.807) is 6.26 Å². The first kappa shape index (κ1) is 17.7. The number of nitrogens with one attached hydrogen (secondary N) is 2. The summed E-state index contributed by atoms with van der Waals surface area (Å²) >= 11 is 2.03. The van der Waals surface area contributed by atoms with Gasteiger partial charge in [0.2, 0.25) is 0 Å². The van der Waals surface area contributed by atoms with E-state index in [9.17, 15) is 0 Å². The van der Waals surface area contributed by atoms with Gasteiger partial charge in [-0.15, -0.1) is 0 Å². The smallest absolute Gasteiger partial charge is 0.191 e. The highest BCUT2D eigenvalue weighted by Crippen LogP contribution is 2.17. The number of hydrogen-bond acceptors (Lipinski definition) is 4. The molecule has 2 saturated heterocycles. The van der Waals surface area contributed by atoms with Gasteiger partial charge in [0.15, 0.2) is 5.96 Å². The molecule has 0 aromatic carbocycles. The van der Waals surface area contributed by atoms with Gasteiger partial charge in [-0.2, -0.15) is 11.8 Å². The number of ether oxygens (including phenoxy) is 1. The van der Waals surface area contributed by atoms with Crippen LogP contribution in [0.25, 0.3) is 0 Å². The minimum absolute atomic E-state index is 0.281. The van der Waals surface area contributed by atoms with Crippen molar-refractivity contribution in [3.05, 3.63) is 24.2 Å². The molecule has 24 heavy (non-hydrogen) atoms. The lowest BCUT2D eigenvalue weighted by Gasteiger charge is -2.26. The minimum Gasteiger partial charge on any atom is -0.469 e. The summed E-state index contributed by atoms with van der Waals surface area (Å²) in [5, 5.41) is 7.07. The fraction of sp³-hybridized carbons (Fsp3) is 0.722. The molecule has 2 atom stereocenters. The molecule has 0 saturated carbocycles. The van der Waals surface area contributed by atoms with Gasteiger partial charge in [-0.05, 0) is 50.0 Å². The molecule has 2 aliphatic heterocycles. The van der Waals surface area contributed by atoms with E-state index in [4.69, 9.17) is 14.1 Å². The molecular formula is C18H29N3O2S. The van der Waals surface area contributed by atoms with Crippen molar-refractivity contribution in [3.8, 4) is 0 Å². The maximum atomic E-state index is 5.80. The van der Waals surface area contributed by atoms with E-state index in [2.05, 4.69) is 10.6 Å². The first-order valence-electron chi connectivity index (χ1n) is 9.17. The van der Waals surface area contributed by atoms with E-state index in [1.165, 1.54) is 37.2 Å². The highest BCUT2D eigenvalue weighted by molar-refractivity contribution is 7.99. The van der Waals surface area contributed by atoms with Crippen LogP contribution >= 0.6 is 11.8 Å². The van der Waals surface area contributed by atoms with Crippen molar-refractivity contribution in [1.82, 2.24) is 10.6 Å². The van der Waals surface area contributed by atoms with Gasteiger partial charge >= 0.3 is 0 Å². The third kappa shape index (κ3) is 6.06. The Morgan fingerprint density at radius 3 is 3.04 bits per heavy atom. The molecule has 3 heterocycles. The predicted molar refractivity (Wildman–Crippen MR) is 99.8 cm³/mol. The summed E-state index contributed by atoms with van der Waals surface area (Å²) in [6.45, 7) is 2.45. The number of nitrogens with zero attached hydrogens (tertiary/aromatic N) is 1. The third-order valence-electron chi connectivity index (χ3n) is 4.47. The summed E-state index contributed by atoms with van der Waals surface area (Å²) in [5.41, 5.74) is 0. The van der Waals surface area contributed by atoms with Gasteiger partial charge in [-0.1, -0.05) is 0 Å². The summed E-state index contributed by atoms with van der Waals surface area (Å²) in [6.07, 6.45) is 8.96. The van der Waals surface area contributed by atoms with Gasteiger partial charge in [-0.3, -0.25) is 4.99 Å². The second-order valence-electron chi connectivity index (χ2n) is 6.49. The first-order chi connectivity index (χ1) is 11.9. The van der Waals surface area contributed by atoms with E-state index in [0.717, 1.165) is 44.3 Å². The maximum absolute atomic E-state index is 5.80. The van der Waals surface area contributed by atoms with Gasteiger partial charge in [-0.25, -0.2) is 0 Å². The lowest BCUT2D eigenvalue weighted by molar-refractivity contribution is 0.0224. The Labute approximate surface area is 149 Å². The van der Waals surface area contributed by atoms with Gasteiger partial charge in [0.1, 0.15) is 5.76 Å². The summed E-state index contributed by atoms with van der Waals surface area (Å²) < 4.78 is 11.2. The Balaban J connectivity index is 1.49. The van der Waals surface area contributed by atoms with E-state index < -0.39 is 0 Å². The Bertz CT molecular complexity index is 480. The van der Waals surface area contributed by atoms with E-state index >= 15 is 0 Å². The molecule has 6 heteroatoms. The van der Waals surface area contributed by atoms with E-state index in [1.807, 2.05) is 23.9 Å². The molecule has 5 nitrogen and oxygen atoms in total. The van der Waals surface area contributed by atoms with Crippen LogP contribution in [0.5, 0.6) is 0 Å². The molecule has 1 aromatic heterocycles. The van der Waals surface area contributed by atoms with E-state index in [-0.39, 0.29) is 6.10 Å². The van der Waals surface area contributed by atoms with Crippen LogP contribution in [0.1, 0.15) is 37.9 Å². The van der Waals surface area contributed by atoms with Crippen LogP contribution in [-0.4, -0.2) is 49.3 Å². The number of furan rings is 1. The summed E-state index contributed by atoms with van der Waals surface area (Å²) in [7, 11) is 0. The Kier molecular flexibility index (Phi) is 7.36. The molecule has 0 bridgehead atoms. The first-order valence-corrected chi connectivity index (χ1v) is 10.3. The molecule has 0 spiro atoms. The van der Waals surface area contributed by atoms with Crippen LogP contribution in [-0.2, 0) is 11.2 Å². The fourth-order valence-corrected chi connectivity index (χ4v) is 4.18. The van der Waals surface area contributed by atoms with Crippen LogP contribution < -0.4 is 10.6 Å². The zero-order chi connectivity index (χ0) is 16.5. The number of hydrogen-bond donors (Lipinski definition) is 2. The van der Waals surface area contributed by atoms with Crippen molar-refractivity contribution >= 4 is 17.7 Å². The van der Waals surface area contributed by atoms with Crippen LogP contribution in [0.15, 0.2) is 27.8 Å². The van der Waals surface area contributed by atoms with Crippen molar-refractivity contribution in [1.29, 1.82) is 0 Å². The number of rotatable bonds is 6. The van der Waals surface area contributed by atoms with Crippen molar-refractivity contribution in [3.63, 3.8) is 0 Å². The quantitative estimate of drug-likeness (QED) is 0.610. The lowest BCUT2D eigenvalue weighted by Crippen LogP contribution is -2.46. The highest BCUT2D eigenvalue weighted by Gasteiger charge is 2.17. The molecule has 0 aliphatic carbocycles. The third-order valence-corrected chi connectivity index (χ3v) is 5.69. The molecule has 1 aromatic rings. The zero-order valence-corrected chi connectivity index (χ0v) is 15.2. The van der Waals surface area contributed by atoms with Gasteiger partial charge in [0.25, 0.3) is 0 Å². The van der Waals surface area contributed by atoms with Crippen LogP contribution in [0.2, 0.25) is 0 Å². The minimum atomic E-state index is 0.281. The molecular weight excluding hydrogens is 322 g/mol. The predicted octanol–water partition coefficient (Wildman–Crippen LogP) is 2.82. The summed E-state index contributed by atoms with van der Waals surface area (Å²) in [4.78, 5) is 4.79. The number of aliphatic imine (C=N–C) groups is 1. The second-order valence-corrected chi connectivity index (χ2v) is 7.64. The molecule has 2 unspecified atom stereocenters. The molecule has 3 rings (SSSR count). The number of thioether (sulfide) groups is 1. The second kappa shape index (κ2) is 9.99. The molecule has 0 amide bonds. The lowest BCUT2D eigenvalue weighted by atomic mass is 10.1. The van der Waals surface area contributed by atoms with Crippen molar-refractivity contribution in [2.75, 3.05) is 31.2 Å². The average Bonchev–Trinajstić information content (AvgIpc) is 3.15. The van der Waals surface area contributed by atoms with Gasteiger partial charge < -0.3 is 19.8 Å². The molecule has 2 N–H and O–H groups in total. The molecule has 0 radical (unpaired) electrons. The summed E-state index contributed by atoms with van der Waals surface area (Å²) in [6, 6.07) is 4.47. The van der Waals surface area contributed by atoms with Crippen molar-refractivity contribution in [2.45, 2.75) is 50.7 Å². The van der Waals surface area contributed by atoms with Crippen molar-refractivity contribution < 1.29 is 9.15 Å². The van der Waals surface area contributed by atoms with Crippen LogP contribution in [0.3, 0.4) is 0 Å². The van der Waals surface area contributed by atoms with E-state index in [0.29, 0.717) is 6.04 Å². The largest absolute Gasteiger partial charge is 0.469 e. The normalized spacial score (nSPS) is 25.4. The molecule has 2 aliphatic rings. The number of guanidine groups is 1. The Morgan fingerprint density at radius 1 is 1.29 bits per heavy atom. The van der Waals surface area contributed by atoms with Gasteiger partial charge in [0, 0.05) is 31.4 Å².